The van der Waals surface area contributed by atoms with E-state index in [-0.39, 0.29) is 56.1 Å². The Bertz CT molecular complexity index is 1470. The number of nitrogens with two attached hydrogens (primary N) is 1. The van der Waals surface area contributed by atoms with Crippen molar-refractivity contribution in [1.29, 1.82) is 0 Å². The normalized spacial score (nSPS) is 15.4. The fraction of sp³-hybridized carbons (Fsp3) is 0.611. The van der Waals surface area contributed by atoms with Crippen molar-refractivity contribution < 1.29 is 24.6 Å². The molecular formula is C36H53N7O5S2. The number of carbonyl (C=O) groups is 3. The molecule has 4 rings (SSSR count). The average molecular weight is 728 g/mol. The molecule has 0 spiro atoms. The zero-order valence-corrected chi connectivity index (χ0v) is 31.2. The van der Waals surface area contributed by atoms with Gasteiger partial charge in [-0.2, -0.15) is 0 Å². The summed E-state index contributed by atoms with van der Waals surface area (Å²) in [6.45, 7) is 4.51. The van der Waals surface area contributed by atoms with Gasteiger partial charge in [0.1, 0.15) is 17.7 Å². The van der Waals surface area contributed by atoms with Crippen LogP contribution in [0.3, 0.4) is 0 Å². The molecule has 0 radical (unpaired) electrons. The van der Waals surface area contributed by atoms with Crippen LogP contribution in [0.15, 0.2) is 41.4 Å². The second-order valence-corrected chi connectivity index (χ2v) is 15.6. The van der Waals surface area contributed by atoms with E-state index >= 15 is 0 Å². The molecule has 3 atom stereocenters. The summed E-state index contributed by atoms with van der Waals surface area (Å²) in [6.07, 6.45) is 7.80. The highest BCUT2D eigenvalue weighted by molar-refractivity contribution is 7.13. The number of likely N-dealkylation sites (N-methyl/N-ethyl adjacent to an activating group) is 1. The van der Waals surface area contributed by atoms with Gasteiger partial charge < -0.3 is 30.6 Å². The van der Waals surface area contributed by atoms with E-state index in [2.05, 4.69) is 15.0 Å². The van der Waals surface area contributed by atoms with E-state index in [0.29, 0.717) is 47.6 Å². The Kier molecular flexibility index (Phi) is 15.6. The maximum absolute atomic E-state index is 14.2. The van der Waals surface area contributed by atoms with Crippen LogP contribution in [0.4, 0.5) is 5.13 Å². The minimum atomic E-state index is -1.17. The molecule has 3 heterocycles. The molecule has 0 saturated heterocycles. The summed E-state index contributed by atoms with van der Waals surface area (Å²) in [5, 5.41) is 27.4. The molecule has 0 aromatic carbocycles. The predicted octanol–water partition coefficient (Wildman–Crippen LogP) is 4.52. The summed E-state index contributed by atoms with van der Waals surface area (Å²) in [5.41, 5.74) is 7.41. The number of nitrogen functional groups attached to an aromatic ring is 1. The first-order valence-electron chi connectivity index (χ1n) is 17.7. The van der Waals surface area contributed by atoms with Crippen LogP contribution in [-0.2, 0) is 33.9 Å². The molecule has 50 heavy (non-hydrogen) atoms. The molecule has 0 aliphatic heterocycles. The van der Waals surface area contributed by atoms with Gasteiger partial charge in [0.25, 0.3) is 0 Å². The molecule has 14 heteroatoms. The first-order valence-corrected chi connectivity index (χ1v) is 19.4. The van der Waals surface area contributed by atoms with Crippen LogP contribution in [-0.4, -0.2) is 96.0 Å². The summed E-state index contributed by atoms with van der Waals surface area (Å²) in [5.74, 6) is -0.441. The smallest absolute Gasteiger partial charge is 0.241 e. The van der Waals surface area contributed by atoms with Crippen molar-refractivity contribution in [2.75, 3.05) is 25.9 Å². The Morgan fingerprint density at radius 2 is 1.72 bits per heavy atom. The zero-order chi connectivity index (χ0) is 36.0. The number of hydrogen-bond acceptors (Lipinski definition) is 11. The minimum Gasteiger partial charge on any atom is -0.390 e. The number of rotatable bonds is 19. The molecule has 1 fully saturated rings. The number of thiazole rings is 2. The fourth-order valence-corrected chi connectivity index (χ4v) is 7.72. The molecule has 3 aromatic rings. The van der Waals surface area contributed by atoms with Crippen molar-refractivity contribution in [3.63, 3.8) is 0 Å². The summed E-state index contributed by atoms with van der Waals surface area (Å²) < 4.78 is 0. The molecule has 1 saturated carbocycles. The largest absolute Gasteiger partial charge is 0.390 e. The maximum Gasteiger partial charge on any atom is 0.241 e. The van der Waals surface area contributed by atoms with Gasteiger partial charge in [0, 0.05) is 61.7 Å². The first-order chi connectivity index (χ1) is 24.0. The lowest BCUT2D eigenvalue weighted by Gasteiger charge is -2.39. The van der Waals surface area contributed by atoms with Gasteiger partial charge in [0.15, 0.2) is 5.13 Å². The zero-order valence-electron chi connectivity index (χ0n) is 29.5. The minimum absolute atomic E-state index is 0.103. The van der Waals surface area contributed by atoms with E-state index in [1.165, 1.54) is 34.0 Å². The molecule has 0 unspecified atom stereocenters. The standard InChI is InChI=1S/C36H53N7O5S2/c1-25(2)19-30(44)35(48)29(20-26-9-5-4-6-10-26)43(21-28-24-50-36(37)40-28)33(46)13-12-32(45)42(22-31-39-16-18-49-31)23-34(47)41(3)17-14-27-11-7-8-15-38-27/h7-8,11,15-16,18,24-26,29-30,35,44,48H,4-6,9-10,12-14,17,19-23H2,1-3H3,(H2,37,40)/t29-,30-,35+/m0/s1. The molecule has 274 valence electrons. The van der Waals surface area contributed by atoms with Gasteiger partial charge in [0.2, 0.25) is 17.7 Å². The van der Waals surface area contributed by atoms with Gasteiger partial charge in [0.05, 0.1) is 30.9 Å². The molecule has 12 nitrogen and oxygen atoms in total. The van der Waals surface area contributed by atoms with Crippen LogP contribution >= 0.6 is 22.7 Å². The van der Waals surface area contributed by atoms with E-state index in [1.807, 2.05) is 37.4 Å². The maximum atomic E-state index is 14.2. The molecule has 4 N–H and O–H groups in total. The number of anilines is 1. The summed E-state index contributed by atoms with van der Waals surface area (Å²) in [6, 6.07) is 4.98. The van der Waals surface area contributed by atoms with Crippen LogP contribution in [0.25, 0.3) is 0 Å². The summed E-state index contributed by atoms with van der Waals surface area (Å²) >= 11 is 2.67. The molecule has 1 aliphatic carbocycles. The Balaban J connectivity index is 1.50. The molecule has 3 amide bonds. The molecule has 3 aromatic heterocycles. The third kappa shape index (κ3) is 12.4. The Hall–Kier alpha value is -3.46. The lowest BCUT2D eigenvalue weighted by atomic mass is 9.81. The van der Waals surface area contributed by atoms with Crippen molar-refractivity contribution in [3.8, 4) is 0 Å². The van der Waals surface area contributed by atoms with Crippen molar-refractivity contribution >= 4 is 45.5 Å². The average Bonchev–Trinajstić information content (AvgIpc) is 3.78. The lowest BCUT2D eigenvalue weighted by Crippen LogP contribution is -2.52. The predicted molar refractivity (Wildman–Crippen MR) is 196 cm³/mol. The van der Waals surface area contributed by atoms with Crippen LogP contribution in [0.2, 0.25) is 0 Å². The van der Waals surface area contributed by atoms with Gasteiger partial charge in [-0.1, -0.05) is 52.0 Å². The third-order valence-electron chi connectivity index (χ3n) is 9.32. The van der Waals surface area contributed by atoms with E-state index in [9.17, 15) is 24.6 Å². The van der Waals surface area contributed by atoms with Crippen LogP contribution in [0.1, 0.15) is 88.0 Å². The molecular weight excluding hydrogens is 675 g/mol. The molecule has 1 aliphatic rings. The van der Waals surface area contributed by atoms with Crippen molar-refractivity contribution in [2.24, 2.45) is 11.8 Å². The number of carbonyl (C=O) groups excluding carboxylic acids is 3. The number of pyridine rings is 1. The highest BCUT2D eigenvalue weighted by atomic mass is 32.1. The van der Waals surface area contributed by atoms with Crippen LogP contribution in [0, 0.1) is 11.8 Å². The highest BCUT2D eigenvalue weighted by Gasteiger charge is 2.37. The van der Waals surface area contributed by atoms with Crippen molar-refractivity contribution in [1.82, 2.24) is 29.7 Å². The van der Waals surface area contributed by atoms with Crippen LogP contribution < -0.4 is 5.73 Å². The third-order valence-corrected chi connectivity index (χ3v) is 10.8. The highest BCUT2D eigenvalue weighted by Crippen LogP contribution is 2.32. The van der Waals surface area contributed by atoms with Gasteiger partial charge >= 0.3 is 0 Å². The summed E-state index contributed by atoms with van der Waals surface area (Å²) in [4.78, 5) is 59.0. The van der Waals surface area contributed by atoms with E-state index in [4.69, 9.17) is 5.73 Å². The lowest BCUT2D eigenvalue weighted by molar-refractivity contribution is -0.145. The number of nitrogens with zero attached hydrogens (tertiary/aromatic N) is 6. The van der Waals surface area contributed by atoms with Gasteiger partial charge in [-0.3, -0.25) is 19.4 Å². The Morgan fingerprint density at radius 3 is 2.36 bits per heavy atom. The SMILES string of the molecule is CC(C)C[C@H](O)[C@H](O)[C@H](CC1CCCCC1)N(Cc1csc(N)n1)C(=O)CCC(=O)N(CC(=O)N(C)CCc1ccccn1)Cc1nccs1. The van der Waals surface area contributed by atoms with Crippen molar-refractivity contribution in [2.45, 2.75) is 109 Å². The van der Waals surface area contributed by atoms with Gasteiger partial charge in [-0.15, -0.1) is 22.7 Å². The second-order valence-electron chi connectivity index (χ2n) is 13.8. The quantitative estimate of drug-likeness (QED) is 0.161. The van der Waals surface area contributed by atoms with Crippen molar-refractivity contribution in [3.05, 3.63) is 57.7 Å². The number of aliphatic hydroxyl groups excluding tert-OH is 2. The van der Waals surface area contributed by atoms with Gasteiger partial charge in [-0.05, 0) is 36.8 Å². The number of aliphatic hydroxyl groups is 2. The van der Waals surface area contributed by atoms with Gasteiger partial charge in [-0.25, -0.2) is 9.97 Å². The molecule has 0 bridgehead atoms. The Labute approximate surface area is 303 Å². The van der Waals surface area contributed by atoms with E-state index < -0.39 is 18.2 Å². The number of amides is 3. The summed E-state index contributed by atoms with van der Waals surface area (Å²) in [7, 11) is 1.70. The van der Waals surface area contributed by atoms with E-state index in [1.54, 1.807) is 34.6 Å². The Morgan fingerprint density at radius 1 is 0.960 bits per heavy atom. The number of hydrogen-bond donors (Lipinski definition) is 3. The topological polar surface area (TPSA) is 166 Å². The first kappa shape index (κ1) is 39.3. The fourth-order valence-electron chi connectivity index (χ4n) is 6.53. The van der Waals surface area contributed by atoms with E-state index in [0.717, 1.165) is 31.4 Å². The monoisotopic (exact) mass is 727 g/mol. The second kappa shape index (κ2) is 19.8. The van der Waals surface area contributed by atoms with Crippen LogP contribution in [0.5, 0.6) is 0 Å². The number of aromatic nitrogens is 3.